The molecule has 0 aliphatic carbocycles. The number of carbonyl (C=O) groups is 2. The van der Waals surface area contributed by atoms with Crippen LogP contribution in [0.5, 0.6) is 0 Å². The second kappa shape index (κ2) is 7.72. The molecule has 25 heavy (non-hydrogen) atoms. The summed E-state index contributed by atoms with van der Waals surface area (Å²) in [6.45, 7) is 1.99. The van der Waals surface area contributed by atoms with Crippen molar-refractivity contribution in [2.45, 2.75) is 13.3 Å². The first-order valence-electron chi connectivity index (χ1n) is 7.88. The van der Waals surface area contributed by atoms with Gasteiger partial charge in [0, 0.05) is 5.03 Å². The van der Waals surface area contributed by atoms with Gasteiger partial charge in [0.2, 0.25) is 0 Å². The largest absolute Gasteiger partial charge is 0.298 e. The van der Waals surface area contributed by atoms with Crippen molar-refractivity contribution in [2.24, 2.45) is 0 Å². The lowest BCUT2D eigenvalue weighted by Gasteiger charge is -2.16. The van der Waals surface area contributed by atoms with Gasteiger partial charge in [-0.05, 0) is 47.5 Å². The summed E-state index contributed by atoms with van der Waals surface area (Å²) in [4.78, 5) is 26.6. The van der Waals surface area contributed by atoms with Gasteiger partial charge in [-0.1, -0.05) is 67.1 Å². The molecule has 2 aromatic rings. The minimum absolute atomic E-state index is 0.304. The SMILES string of the molecule is CCc1ccccc1N1C(=O)S/C(=C\C(Cl)=C\c2ccccc2)C1=O. The molecule has 0 radical (unpaired) electrons. The van der Waals surface area contributed by atoms with Crippen molar-refractivity contribution in [3.63, 3.8) is 0 Å². The van der Waals surface area contributed by atoms with Crippen molar-refractivity contribution in [2.75, 3.05) is 4.90 Å². The molecule has 1 saturated heterocycles. The van der Waals surface area contributed by atoms with Gasteiger partial charge in [-0.3, -0.25) is 9.59 Å². The van der Waals surface area contributed by atoms with E-state index in [0.717, 1.165) is 29.3 Å². The van der Waals surface area contributed by atoms with Crippen LogP contribution in [0.3, 0.4) is 0 Å². The molecule has 0 aromatic heterocycles. The van der Waals surface area contributed by atoms with Crippen LogP contribution < -0.4 is 4.90 Å². The number of amides is 2. The van der Waals surface area contributed by atoms with E-state index in [1.807, 2.05) is 55.5 Å². The lowest BCUT2D eigenvalue weighted by molar-refractivity contribution is -0.113. The highest BCUT2D eigenvalue weighted by molar-refractivity contribution is 8.18. The van der Waals surface area contributed by atoms with Crippen LogP contribution in [0.25, 0.3) is 6.08 Å². The number of allylic oxidation sites excluding steroid dienone is 2. The molecule has 0 unspecified atom stereocenters. The van der Waals surface area contributed by atoms with Gasteiger partial charge in [0.05, 0.1) is 10.6 Å². The predicted molar refractivity (Wildman–Crippen MR) is 105 cm³/mol. The van der Waals surface area contributed by atoms with E-state index in [9.17, 15) is 9.59 Å². The van der Waals surface area contributed by atoms with Crippen LogP contribution in [0, 0.1) is 0 Å². The van der Waals surface area contributed by atoms with Crippen molar-refractivity contribution < 1.29 is 9.59 Å². The molecular formula is C20H16ClNO2S. The van der Waals surface area contributed by atoms with Gasteiger partial charge in [0.25, 0.3) is 11.1 Å². The lowest BCUT2D eigenvalue weighted by Crippen LogP contribution is -2.28. The number of hydrogen-bond donors (Lipinski definition) is 0. The predicted octanol–water partition coefficient (Wildman–Crippen LogP) is 5.61. The molecule has 1 heterocycles. The van der Waals surface area contributed by atoms with Crippen LogP contribution in [0.1, 0.15) is 18.1 Å². The van der Waals surface area contributed by atoms with Crippen molar-refractivity contribution in [3.05, 3.63) is 81.7 Å². The van der Waals surface area contributed by atoms with Crippen LogP contribution >= 0.6 is 23.4 Å². The monoisotopic (exact) mass is 369 g/mol. The van der Waals surface area contributed by atoms with Crippen LogP contribution in [-0.2, 0) is 11.2 Å². The summed E-state index contributed by atoms with van der Waals surface area (Å²) < 4.78 is 0. The van der Waals surface area contributed by atoms with Crippen LogP contribution in [0.4, 0.5) is 10.5 Å². The zero-order valence-corrected chi connectivity index (χ0v) is 15.2. The van der Waals surface area contributed by atoms with E-state index < -0.39 is 0 Å². The maximum absolute atomic E-state index is 12.7. The Hall–Kier alpha value is -2.30. The smallest absolute Gasteiger partial charge is 0.268 e. The van der Waals surface area contributed by atoms with Gasteiger partial charge < -0.3 is 0 Å². The quantitative estimate of drug-likeness (QED) is 0.657. The molecule has 0 bridgehead atoms. The first kappa shape index (κ1) is 17.5. The number of imide groups is 1. The van der Waals surface area contributed by atoms with E-state index in [1.165, 1.54) is 4.90 Å². The lowest BCUT2D eigenvalue weighted by atomic mass is 10.1. The fraction of sp³-hybridized carbons (Fsp3) is 0.100. The molecule has 0 atom stereocenters. The Morgan fingerprint density at radius 1 is 1.08 bits per heavy atom. The molecule has 0 N–H and O–H groups in total. The zero-order chi connectivity index (χ0) is 17.8. The van der Waals surface area contributed by atoms with E-state index in [0.29, 0.717) is 15.6 Å². The minimum Gasteiger partial charge on any atom is -0.268 e. The third kappa shape index (κ3) is 3.86. The number of hydrogen-bond acceptors (Lipinski definition) is 3. The van der Waals surface area contributed by atoms with E-state index in [4.69, 9.17) is 11.6 Å². The Morgan fingerprint density at radius 2 is 1.76 bits per heavy atom. The molecule has 0 saturated carbocycles. The van der Waals surface area contributed by atoms with Crippen molar-refractivity contribution >= 4 is 46.3 Å². The Morgan fingerprint density at radius 3 is 2.48 bits per heavy atom. The number of aryl methyl sites for hydroxylation is 1. The van der Waals surface area contributed by atoms with Gasteiger partial charge in [-0.15, -0.1) is 0 Å². The number of nitrogens with zero attached hydrogens (tertiary/aromatic N) is 1. The van der Waals surface area contributed by atoms with E-state index in [-0.39, 0.29) is 11.1 Å². The Labute approximate surface area is 156 Å². The molecule has 2 aromatic carbocycles. The van der Waals surface area contributed by atoms with Crippen LogP contribution in [0.15, 0.2) is 70.6 Å². The van der Waals surface area contributed by atoms with Crippen molar-refractivity contribution in [1.82, 2.24) is 0 Å². The maximum Gasteiger partial charge on any atom is 0.298 e. The summed E-state index contributed by atoms with van der Waals surface area (Å²) in [5, 5.41) is 0.0989. The van der Waals surface area contributed by atoms with Crippen LogP contribution in [-0.4, -0.2) is 11.1 Å². The zero-order valence-electron chi connectivity index (χ0n) is 13.6. The average Bonchev–Trinajstić information content (AvgIpc) is 2.89. The van der Waals surface area contributed by atoms with Gasteiger partial charge in [0.15, 0.2) is 0 Å². The fourth-order valence-electron chi connectivity index (χ4n) is 2.58. The third-order valence-electron chi connectivity index (χ3n) is 3.78. The fourth-order valence-corrected chi connectivity index (χ4v) is 3.70. The Kier molecular flexibility index (Phi) is 5.41. The second-order valence-corrected chi connectivity index (χ2v) is 6.87. The average molecular weight is 370 g/mol. The standard InChI is InChI=1S/C20H16ClNO2S/c1-2-15-10-6-7-11-17(15)22-19(23)18(25-20(22)24)13-16(21)12-14-8-4-3-5-9-14/h3-13H,2H2,1H3/b16-12-,18-13-. The highest BCUT2D eigenvalue weighted by Crippen LogP contribution is 2.37. The van der Waals surface area contributed by atoms with Gasteiger partial charge in [-0.2, -0.15) is 0 Å². The molecule has 1 fully saturated rings. The Balaban J connectivity index is 1.90. The topological polar surface area (TPSA) is 37.4 Å². The van der Waals surface area contributed by atoms with E-state index in [1.54, 1.807) is 18.2 Å². The molecule has 0 spiro atoms. The summed E-state index contributed by atoms with van der Waals surface area (Å²) in [5.41, 5.74) is 2.52. The summed E-state index contributed by atoms with van der Waals surface area (Å²) in [7, 11) is 0. The summed E-state index contributed by atoms with van der Waals surface area (Å²) in [6.07, 6.45) is 4.05. The first-order chi connectivity index (χ1) is 12.1. The summed E-state index contributed by atoms with van der Waals surface area (Å²) in [5.74, 6) is -0.337. The highest BCUT2D eigenvalue weighted by atomic mass is 35.5. The molecule has 3 nitrogen and oxygen atoms in total. The molecular weight excluding hydrogens is 354 g/mol. The summed E-state index contributed by atoms with van der Waals surface area (Å²) >= 11 is 7.16. The van der Waals surface area contributed by atoms with Gasteiger partial charge >= 0.3 is 0 Å². The van der Waals surface area contributed by atoms with Crippen LogP contribution in [0.2, 0.25) is 0 Å². The molecule has 1 aliphatic heterocycles. The van der Waals surface area contributed by atoms with Gasteiger partial charge in [0.1, 0.15) is 0 Å². The normalized spacial score (nSPS) is 16.8. The highest BCUT2D eigenvalue weighted by Gasteiger charge is 2.37. The second-order valence-electron chi connectivity index (χ2n) is 5.44. The number of anilines is 1. The molecule has 3 rings (SSSR count). The molecule has 2 amide bonds. The molecule has 5 heteroatoms. The van der Waals surface area contributed by atoms with E-state index in [2.05, 4.69) is 0 Å². The van der Waals surface area contributed by atoms with Crippen molar-refractivity contribution in [1.29, 1.82) is 0 Å². The molecule has 1 aliphatic rings. The Bertz CT molecular complexity index is 874. The minimum atomic E-state index is -0.337. The number of benzene rings is 2. The number of carbonyl (C=O) groups excluding carboxylic acids is 2. The number of rotatable bonds is 4. The number of halogens is 1. The van der Waals surface area contributed by atoms with Gasteiger partial charge in [-0.25, -0.2) is 4.90 Å². The van der Waals surface area contributed by atoms with Crippen molar-refractivity contribution in [3.8, 4) is 0 Å². The number of thioether (sulfide) groups is 1. The number of para-hydroxylation sites is 1. The summed E-state index contributed by atoms with van der Waals surface area (Å²) in [6, 6.07) is 17.0. The van der Waals surface area contributed by atoms with E-state index >= 15 is 0 Å². The molecule has 126 valence electrons. The first-order valence-corrected chi connectivity index (χ1v) is 9.07. The third-order valence-corrected chi connectivity index (χ3v) is 4.87. The maximum atomic E-state index is 12.7.